The Morgan fingerprint density at radius 1 is 1.32 bits per heavy atom. The van der Waals surface area contributed by atoms with E-state index in [1.54, 1.807) is 0 Å². The fourth-order valence-corrected chi connectivity index (χ4v) is 2.42. The molecule has 0 spiro atoms. The molecule has 0 atom stereocenters. The molecular weight excluding hydrogens is 238 g/mol. The van der Waals surface area contributed by atoms with Gasteiger partial charge in [0.05, 0.1) is 0 Å². The van der Waals surface area contributed by atoms with Crippen molar-refractivity contribution in [3.8, 4) is 11.5 Å². The average molecular weight is 255 g/mol. The molecule has 3 rings (SSSR count). The lowest BCUT2D eigenvalue weighted by atomic mass is 10.1. The molecule has 0 unspecified atom stereocenters. The summed E-state index contributed by atoms with van der Waals surface area (Å²) in [7, 11) is 1.92. The second kappa shape index (κ2) is 4.90. The topological polar surface area (TPSA) is 53.9 Å². The summed E-state index contributed by atoms with van der Waals surface area (Å²) < 4.78 is 5.96. The molecule has 98 valence electrons. The predicted molar refractivity (Wildman–Crippen MR) is 75.9 cm³/mol. The Labute approximate surface area is 111 Å². The number of para-hydroxylation sites is 1. The first-order chi connectivity index (χ1) is 9.33. The lowest BCUT2D eigenvalue weighted by molar-refractivity contribution is 0.624. The average Bonchev–Trinajstić information content (AvgIpc) is 3.02. The molecular formula is C15H17N3O. The largest absolute Gasteiger partial charge is 0.454 e. The zero-order chi connectivity index (χ0) is 13.2. The van der Waals surface area contributed by atoms with Crippen LogP contribution in [0, 0.1) is 0 Å². The van der Waals surface area contributed by atoms with Crippen molar-refractivity contribution in [3.63, 3.8) is 0 Å². The minimum Gasteiger partial charge on any atom is -0.454 e. The Morgan fingerprint density at radius 2 is 2.16 bits per heavy atom. The Kier molecular flexibility index (Phi) is 3.09. The molecule has 19 heavy (non-hydrogen) atoms. The number of nitrogens with one attached hydrogen (secondary N) is 2. The summed E-state index contributed by atoms with van der Waals surface area (Å²) in [6.45, 7) is 2.91. The third kappa shape index (κ3) is 2.04. The Hall–Kier alpha value is -2.07. The van der Waals surface area contributed by atoms with Crippen LogP contribution < -0.4 is 5.32 Å². The molecule has 0 radical (unpaired) electrons. The van der Waals surface area contributed by atoms with Gasteiger partial charge in [0.25, 0.3) is 0 Å². The lowest BCUT2D eigenvalue weighted by Gasteiger charge is -1.95. The number of aromatic nitrogens is 2. The van der Waals surface area contributed by atoms with Crippen LogP contribution in [-0.4, -0.2) is 17.2 Å². The molecule has 2 N–H and O–H groups in total. The van der Waals surface area contributed by atoms with Crippen LogP contribution in [0.4, 0.5) is 0 Å². The monoisotopic (exact) mass is 255 g/mol. The van der Waals surface area contributed by atoms with Gasteiger partial charge in [0.1, 0.15) is 11.3 Å². The number of hydrogen-bond donors (Lipinski definition) is 2. The molecule has 0 aliphatic heterocycles. The number of rotatable bonds is 4. The summed E-state index contributed by atoms with van der Waals surface area (Å²) in [6, 6.07) is 10.2. The van der Waals surface area contributed by atoms with Crippen LogP contribution in [0.15, 0.2) is 34.7 Å². The maximum atomic E-state index is 5.96. The summed E-state index contributed by atoms with van der Waals surface area (Å²) in [4.78, 5) is 0. The molecule has 0 aliphatic carbocycles. The fourth-order valence-electron chi connectivity index (χ4n) is 2.42. The van der Waals surface area contributed by atoms with Gasteiger partial charge in [-0.25, -0.2) is 0 Å². The maximum absolute atomic E-state index is 5.96. The van der Waals surface area contributed by atoms with Crippen molar-refractivity contribution < 1.29 is 4.42 Å². The van der Waals surface area contributed by atoms with E-state index in [1.807, 2.05) is 31.3 Å². The number of benzene rings is 1. The van der Waals surface area contributed by atoms with Crippen molar-refractivity contribution in [1.82, 2.24) is 15.5 Å². The van der Waals surface area contributed by atoms with Gasteiger partial charge in [0.15, 0.2) is 5.76 Å². The third-order valence-corrected chi connectivity index (χ3v) is 3.28. The molecule has 4 heteroatoms. The van der Waals surface area contributed by atoms with Crippen molar-refractivity contribution in [1.29, 1.82) is 0 Å². The van der Waals surface area contributed by atoms with Crippen LogP contribution >= 0.6 is 0 Å². The fraction of sp³-hybridized carbons (Fsp3) is 0.267. The minimum atomic E-state index is 0.773. The van der Waals surface area contributed by atoms with Crippen molar-refractivity contribution >= 4 is 11.0 Å². The smallest absolute Gasteiger partial charge is 0.158 e. The normalized spacial score (nSPS) is 11.3. The molecule has 2 heterocycles. The van der Waals surface area contributed by atoms with E-state index in [0.717, 1.165) is 35.7 Å². The minimum absolute atomic E-state index is 0.773. The van der Waals surface area contributed by atoms with E-state index in [4.69, 9.17) is 4.42 Å². The molecule has 0 amide bonds. The van der Waals surface area contributed by atoms with Gasteiger partial charge in [-0.15, -0.1) is 0 Å². The number of H-pyrrole nitrogens is 1. The van der Waals surface area contributed by atoms with E-state index in [1.165, 1.54) is 10.9 Å². The van der Waals surface area contributed by atoms with Gasteiger partial charge in [0.2, 0.25) is 0 Å². The van der Waals surface area contributed by atoms with Gasteiger partial charge in [0, 0.05) is 23.2 Å². The number of nitrogens with zero attached hydrogens (tertiary/aromatic N) is 1. The SMILES string of the molecule is CCc1c(-c2cc(CNC)[nH]n2)oc2ccccc12. The van der Waals surface area contributed by atoms with Crippen LogP contribution in [-0.2, 0) is 13.0 Å². The first kappa shape index (κ1) is 12.0. The van der Waals surface area contributed by atoms with Gasteiger partial charge < -0.3 is 9.73 Å². The third-order valence-electron chi connectivity index (χ3n) is 3.28. The summed E-state index contributed by atoms with van der Waals surface area (Å²) >= 11 is 0. The molecule has 0 aliphatic rings. The number of aromatic amines is 1. The van der Waals surface area contributed by atoms with E-state index < -0.39 is 0 Å². The molecule has 0 bridgehead atoms. The first-order valence-electron chi connectivity index (χ1n) is 6.53. The van der Waals surface area contributed by atoms with Crippen molar-refractivity contribution in [2.75, 3.05) is 7.05 Å². The summed E-state index contributed by atoms with van der Waals surface area (Å²) in [5, 5.41) is 11.7. The zero-order valence-electron chi connectivity index (χ0n) is 11.2. The van der Waals surface area contributed by atoms with Crippen LogP contribution in [0.5, 0.6) is 0 Å². The summed E-state index contributed by atoms with van der Waals surface area (Å²) in [5.74, 6) is 0.877. The Balaban J connectivity index is 2.12. The molecule has 2 aromatic heterocycles. The highest BCUT2D eigenvalue weighted by Gasteiger charge is 2.16. The van der Waals surface area contributed by atoms with Gasteiger partial charge in [-0.1, -0.05) is 25.1 Å². The Bertz CT molecular complexity index is 696. The van der Waals surface area contributed by atoms with E-state index in [2.05, 4.69) is 28.5 Å². The second-order valence-electron chi connectivity index (χ2n) is 4.57. The van der Waals surface area contributed by atoms with Crippen LogP contribution in [0.25, 0.3) is 22.4 Å². The summed E-state index contributed by atoms with van der Waals surface area (Å²) in [6.07, 6.45) is 0.931. The molecule has 0 fully saturated rings. The van der Waals surface area contributed by atoms with E-state index in [0.29, 0.717) is 0 Å². The number of aryl methyl sites for hydroxylation is 1. The lowest BCUT2D eigenvalue weighted by Crippen LogP contribution is -2.04. The standard InChI is InChI=1S/C15H17N3O/c1-3-11-12-6-4-5-7-14(12)19-15(11)13-8-10(9-16-2)17-18-13/h4-8,16H,3,9H2,1-2H3,(H,17,18). The van der Waals surface area contributed by atoms with Crippen molar-refractivity contribution in [3.05, 3.63) is 41.6 Å². The van der Waals surface area contributed by atoms with E-state index in [9.17, 15) is 0 Å². The van der Waals surface area contributed by atoms with E-state index in [-0.39, 0.29) is 0 Å². The van der Waals surface area contributed by atoms with Crippen LogP contribution in [0.2, 0.25) is 0 Å². The highest BCUT2D eigenvalue weighted by Crippen LogP contribution is 2.33. The quantitative estimate of drug-likeness (QED) is 0.753. The number of hydrogen-bond acceptors (Lipinski definition) is 3. The molecule has 1 aromatic carbocycles. The highest BCUT2D eigenvalue weighted by molar-refractivity contribution is 5.87. The van der Waals surface area contributed by atoms with Gasteiger partial charge in [-0.3, -0.25) is 5.10 Å². The molecule has 0 saturated carbocycles. The Morgan fingerprint density at radius 3 is 2.95 bits per heavy atom. The van der Waals surface area contributed by atoms with Crippen LogP contribution in [0.3, 0.4) is 0 Å². The number of fused-ring (bicyclic) bond motifs is 1. The first-order valence-corrected chi connectivity index (χ1v) is 6.53. The molecule has 4 nitrogen and oxygen atoms in total. The highest BCUT2D eigenvalue weighted by atomic mass is 16.3. The maximum Gasteiger partial charge on any atom is 0.158 e. The van der Waals surface area contributed by atoms with Crippen molar-refractivity contribution in [2.24, 2.45) is 0 Å². The van der Waals surface area contributed by atoms with Gasteiger partial charge in [-0.05, 0) is 25.6 Å². The zero-order valence-corrected chi connectivity index (χ0v) is 11.2. The summed E-state index contributed by atoms with van der Waals surface area (Å²) in [5.41, 5.74) is 4.07. The number of furan rings is 1. The molecule has 3 aromatic rings. The van der Waals surface area contributed by atoms with E-state index >= 15 is 0 Å². The van der Waals surface area contributed by atoms with Crippen LogP contribution in [0.1, 0.15) is 18.2 Å². The van der Waals surface area contributed by atoms with Gasteiger partial charge >= 0.3 is 0 Å². The second-order valence-corrected chi connectivity index (χ2v) is 4.57. The van der Waals surface area contributed by atoms with Gasteiger partial charge in [-0.2, -0.15) is 5.10 Å². The molecule has 0 saturated heterocycles. The van der Waals surface area contributed by atoms with Crippen molar-refractivity contribution in [2.45, 2.75) is 19.9 Å². The predicted octanol–water partition coefficient (Wildman–Crippen LogP) is 3.10.